The Morgan fingerprint density at radius 2 is 1.18 bits per heavy atom. The molecule has 0 atom stereocenters. The van der Waals surface area contributed by atoms with Crippen LogP contribution in [0.15, 0.2) is 144 Å². The molecule has 0 bridgehead atoms. The molecule has 0 radical (unpaired) electrons. The first kappa shape index (κ1) is 24.6. The van der Waals surface area contributed by atoms with Crippen molar-refractivity contribution in [1.82, 2.24) is 14.5 Å². The molecule has 0 unspecified atom stereocenters. The lowest BCUT2D eigenvalue weighted by Gasteiger charge is -2.15. The smallest absolute Gasteiger partial charge is 0.166 e. The van der Waals surface area contributed by atoms with Crippen molar-refractivity contribution in [2.75, 3.05) is 0 Å². The van der Waals surface area contributed by atoms with Crippen LogP contribution in [0, 0.1) is 0 Å². The Labute approximate surface area is 261 Å². The van der Waals surface area contributed by atoms with Gasteiger partial charge in [0.05, 0.1) is 38.2 Å². The van der Waals surface area contributed by atoms with Crippen LogP contribution in [0.4, 0.5) is 0 Å². The van der Waals surface area contributed by atoms with Crippen LogP contribution < -0.4 is 0 Å². The predicted molar refractivity (Wildman–Crippen MR) is 187 cm³/mol. The zero-order chi connectivity index (χ0) is 29.5. The number of para-hydroxylation sites is 3. The van der Waals surface area contributed by atoms with Crippen molar-refractivity contribution in [1.29, 1.82) is 0 Å². The lowest BCUT2D eigenvalue weighted by atomic mass is 10.0. The number of hydrogen-bond donors (Lipinski definition) is 0. The van der Waals surface area contributed by atoms with Gasteiger partial charge in [-0.1, -0.05) is 103 Å². The summed E-state index contributed by atoms with van der Waals surface area (Å²) < 4.78 is 11.4. The van der Waals surface area contributed by atoms with Crippen molar-refractivity contribution in [3.63, 3.8) is 0 Å². The Kier molecular flexibility index (Phi) is 5.12. The second-order valence-corrected chi connectivity index (χ2v) is 12.4. The zero-order valence-electron chi connectivity index (χ0n) is 23.9. The van der Waals surface area contributed by atoms with Gasteiger partial charge in [0, 0.05) is 37.2 Å². The van der Waals surface area contributed by atoms with Crippen LogP contribution in [0.5, 0.6) is 0 Å². The van der Waals surface area contributed by atoms with Gasteiger partial charge in [-0.15, -0.1) is 11.3 Å². The summed E-state index contributed by atoms with van der Waals surface area (Å²) in [5.74, 6) is 0.645. The summed E-state index contributed by atoms with van der Waals surface area (Å²) in [6.07, 6.45) is 0. The van der Waals surface area contributed by atoms with Crippen molar-refractivity contribution >= 4 is 75.4 Å². The topological polar surface area (TPSA) is 43.9 Å². The van der Waals surface area contributed by atoms with E-state index in [0.717, 1.165) is 71.1 Å². The second kappa shape index (κ2) is 9.36. The van der Waals surface area contributed by atoms with Gasteiger partial charge >= 0.3 is 0 Å². The molecule has 4 heterocycles. The molecule has 0 amide bonds. The Bertz CT molecular complexity index is 2720. The average Bonchev–Trinajstić information content (AvgIpc) is 3.77. The molecule has 0 N–H and O–H groups in total. The van der Waals surface area contributed by atoms with E-state index in [1.165, 1.54) is 15.5 Å². The molecule has 4 aromatic heterocycles. The number of fused-ring (bicyclic) bond motifs is 9. The van der Waals surface area contributed by atoms with Crippen LogP contribution in [0.25, 0.3) is 92.4 Å². The summed E-state index contributed by atoms with van der Waals surface area (Å²) in [6, 6.07) is 48.7. The molecule has 0 aliphatic carbocycles. The van der Waals surface area contributed by atoms with E-state index in [4.69, 9.17) is 14.4 Å². The molecule has 10 aromatic rings. The standard InChI is InChI=1S/C40H23N3OS/c1-2-12-24(13-3-1)36-39-37(29-17-7-11-21-34(29)45-39)42-40(41-36)35-32(23-22-28-27-16-6-10-20-33(27)44-38(28)35)43-30-18-8-4-14-25(30)26-15-5-9-19-31(26)43/h1-23H. The molecule has 210 valence electrons. The summed E-state index contributed by atoms with van der Waals surface area (Å²) in [7, 11) is 0. The lowest BCUT2D eigenvalue weighted by molar-refractivity contribution is 0.669. The molecule has 6 aromatic carbocycles. The highest BCUT2D eigenvalue weighted by atomic mass is 32.1. The van der Waals surface area contributed by atoms with Crippen molar-refractivity contribution in [2.45, 2.75) is 0 Å². The average molecular weight is 594 g/mol. The maximum absolute atomic E-state index is 6.74. The maximum atomic E-state index is 6.74. The third-order valence-corrected chi connectivity index (χ3v) is 10.0. The van der Waals surface area contributed by atoms with Gasteiger partial charge in [-0.05, 0) is 36.4 Å². The van der Waals surface area contributed by atoms with E-state index in [1.54, 1.807) is 11.3 Å². The zero-order valence-corrected chi connectivity index (χ0v) is 24.8. The van der Waals surface area contributed by atoms with Crippen LogP contribution in [-0.2, 0) is 0 Å². The minimum atomic E-state index is 0.645. The fourth-order valence-electron chi connectivity index (χ4n) is 6.86. The van der Waals surface area contributed by atoms with E-state index >= 15 is 0 Å². The van der Waals surface area contributed by atoms with Gasteiger partial charge in [0.2, 0.25) is 0 Å². The van der Waals surface area contributed by atoms with Crippen molar-refractivity contribution in [3.05, 3.63) is 140 Å². The minimum absolute atomic E-state index is 0.645. The molecule has 10 rings (SSSR count). The number of benzene rings is 6. The van der Waals surface area contributed by atoms with Gasteiger partial charge in [0.15, 0.2) is 5.82 Å². The Morgan fingerprint density at radius 3 is 1.96 bits per heavy atom. The number of furan rings is 1. The first-order valence-corrected chi connectivity index (χ1v) is 15.8. The van der Waals surface area contributed by atoms with Crippen LogP contribution in [0.2, 0.25) is 0 Å². The third kappa shape index (κ3) is 3.53. The summed E-state index contributed by atoms with van der Waals surface area (Å²) in [5.41, 5.74) is 8.70. The molecule has 0 aliphatic heterocycles. The molecular formula is C40H23N3OS. The molecular weight excluding hydrogens is 571 g/mol. The molecule has 5 heteroatoms. The van der Waals surface area contributed by atoms with Crippen LogP contribution in [0.1, 0.15) is 0 Å². The largest absolute Gasteiger partial charge is 0.455 e. The number of nitrogens with zero attached hydrogens (tertiary/aromatic N) is 3. The van der Waals surface area contributed by atoms with Crippen LogP contribution in [-0.4, -0.2) is 14.5 Å². The Balaban J connectivity index is 1.41. The SMILES string of the molecule is c1ccc(-c2nc(-c3c(-n4c5ccccc5c5ccccc54)ccc4c3oc3ccccc34)nc3c2sc2ccccc23)cc1. The van der Waals surface area contributed by atoms with Crippen LogP contribution >= 0.6 is 11.3 Å². The fourth-order valence-corrected chi connectivity index (χ4v) is 8.01. The molecule has 4 nitrogen and oxygen atoms in total. The van der Waals surface area contributed by atoms with Crippen molar-refractivity contribution in [2.24, 2.45) is 0 Å². The van der Waals surface area contributed by atoms with Gasteiger partial charge < -0.3 is 8.98 Å². The van der Waals surface area contributed by atoms with Gasteiger partial charge in [0.1, 0.15) is 11.2 Å². The highest BCUT2D eigenvalue weighted by Crippen LogP contribution is 2.44. The first-order chi connectivity index (χ1) is 22.3. The van der Waals surface area contributed by atoms with E-state index in [1.807, 2.05) is 18.2 Å². The normalized spacial score (nSPS) is 12.0. The predicted octanol–water partition coefficient (Wildman–Crippen LogP) is 11.2. The highest BCUT2D eigenvalue weighted by Gasteiger charge is 2.25. The summed E-state index contributed by atoms with van der Waals surface area (Å²) in [5, 5.41) is 5.66. The molecule has 0 saturated carbocycles. The van der Waals surface area contributed by atoms with Gasteiger partial charge in [-0.3, -0.25) is 0 Å². The Morgan fingerprint density at radius 1 is 0.533 bits per heavy atom. The number of aromatic nitrogens is 3. The molecule has 0 aliphatic rings. The van der Waals surface area contributed by atoms with E-state index in [-0.39, 0.29) is 0 Å². The maximum Gasteiger partial charge on any atom is 0.166 e. The first-order valence-electron chi connectivity index (χ1n) is 15.0. The second-order valence-electron chi connectivity index (χ2n) is 11.3. The Hall–Kier alpha value is -5.78. The van der Waals surface area contributed by atoms with E-state index in [9.17, 15) is 0 Å². The summed E-state index contributed by atoms with van der Waals surface area (Å²) >= 11 is 1.75. The number of rotatable bonds is 3. The van der Waals surface area contributed by atoms with Gasteiger partial charge in [0.25, 0.3) is 0 Å². The summed E-state index contributed by atoms with van der Waals surface area (Å²) in [4.78, 5) is 10.8. The molecule has 0 saturated heterocycles. The monoisotopic (exact) mass is 593 g/mol. The van der Waals surface area contributed by atoms with Crippen molar-refractivity contribution < 1.29 is 4.42 Å². The van der Waals surface area contributed by atoms with Crippen molar-refractivity contribution in [3.8, 4) is 28.3 Å². The van der Waals surface area contributed by atoms with E-state index in [0.29, 0.717) is 5.82 Å². The summed E-state index contributed by atoms with van der Waals surface area (Å²) in [6.45, 7) is 0. The minimum Gasteiger partial charge on any atom is -0.455 e. The molecule has 0 fully saturated rings. The fraction of sp³-hybridized carbons (Fsp3) is 0. The van der Waals surface area contributed by atoms with Gasteiger partial charge in [-0.2, -0.15) is 0 Å². The third-order valence-electron chi connectivity index (χ3n) is 8.84. The highest BCUT2D eigenvalue weighted by molar-refractivity contribution is 7.26. The lowest BCUT2D eigenvalue weighted by Crippen LogP contribution is -2.01. The number of thiophene rings is 1. The number of hydrogen-bond acceptors (Lipinski definition) is 4. The molecule has 0 spiro atoms. The molecule has 45 heavy (non-hydrogen) atoms. The van der Waals surface area contributed by atoms with E-state index in [2.05, 4.69) is 126 Å². The van der Waals surface area contributed by atoms with Crippen LogP contribution in [0.3, 0.4) is 0 Å². The quantitative estimate of drug-likeness (QED) is 0.205. The van der Waals surface area contributed by atoms with Gasteiger partial charge in [-0.25, -0.2) is 9.97 Å². The van der Waals surface area contributed by atoms with E-state index < -0.39 is 0 Å².